The molecule has 0 radical (unpaired) electrons. The van der Waals surface area contributed by atoms with Gasteiger partial charge in [0.05, 0.1) is 24.2 Å². The van der Waals surface area contributed by atoms with Gasteiger partial charge in [0.15, 0.2) is 12.4 Å². The molecular weight excluding hydrogens is 744 g/mol. The number of hydrogen-bond donors (Lipinski definition) is 9. The van der Waals surface area contributed by atoms with Crippen molar-refractivity contribution >= 4 is 11.9 Å². The van der Waals surface area contributed by atoms with Crippen LogP contribution in [0.15, 0.2) is 11.6 Å². The Kier molecular flexibility index (Phi) is 11.0. The fraction of sp³-hybridized carbons (Fsp3) is 0.905. The lowest BCUT2D eigenvalue weighted by molar-refractivity contribution is -0.324. The average molecular weight is 811 g/mol. The predicted octanol–water partition coefficient (Wildman–Crippen LogP) is 1.38. The Balaban J connectivity index is 1.18. The summed E-state index contributed by atoms with van der Waals surface area (Å²) in [6.07, 6.45) is -9.52. The van der Waals surface area contributed by atoms with Crippen molar-refractivity contribution in [3.05, 3.63) is 11.6 Å². The van der Waals surface area contributed by atoms with Crippen LogP contribution in [0.3, 0.4) is 0 Å². The topological polar surface area (TPSA) is 253 Å². The highest BCUT2D eigenvalue weighted by molar-refractivity contribution is 5.79. The van der Waals surface area contributed by atoms with E-state index in [1.807, 2.05) is 13.8 Å². The zero-order valence-electron chi connectivity index (χ0n) is 34.3. The van der Waals surface area contributed by atoms with Crippen LogP contribution in [0.4, 0.5) is 0 Å². The zero-order valence-corrected chi connectivity index (χ0v) is 34.3. The Morgan fingerprint density at radius 3 is 2.02 bits per heavy atom. The number of fused-ring (bicyclic) bond motifs is 7. The number of carbonyl (C=O) groups is 2. The number of ether oxygens (including phenoxy) is 4. The standard InChI is InChI=1S/C42H66O15/c1-37(2)14-16-42(36(53)57-34-29(48)26(45)25(44)20(18-43)54-34)17-15-40(6)19(24(42)32(37)50)8-9-22-39(5)12-11-23(38(3,4)21(39)10-13-41(22,40)7)55-35-30(49)27(46)28(47)31(56-35)33(51)52/h8,20-32,34-35,43-50H,9-18H2,1-7H3,(H,51,52). The molecule has 7 rings (SSSR count). The lowest BCUT2D eigenvalue weighted by Crippen LogP contribution is -2.67. The molecule has 15 heteroatoms. The third kappa shape index (κ3) is 6.22. The molecule has 57 heavy (non-hydrogen) atoms. The molecule has 2 aliphatic heterocycles. The van der Waals surface area contributed by atoms with E-state index in [0.29, 0.717) is 38.5 Å². The Morgan fingerprint density at radius 1 is 0.737 bits per heavy atom. The number of aliphatic hydroxyl groups is 8. The second-order valence-corrected chi connectivity index (χ2v) is 20.7. The second-order valence-electron chi connectivity index (χ2n) is 20.7. The Bertz CT molecular complexity index is 1600. The first kappa shape index (κ1) is 43.3. The van der Waals surface area contributed by atoms with E-state index in [2.05, 4.69) is 40.7 Å². The summed E-state index contributed by atoms with van der Waals surface area (Å²) in [5.74, 6) is -2.32. The van der Waals surface area contributed by atoms with E-state index in [1.165, 1.54) is 0 Å². The normalized spacial score (nSPS) is 52.9. The highest BCUT2D eigenvalue weighted by atomic mass is 16.7. The van der Waals surface area contributed by atoms with E-state index in [0.717, 1.165) is 24.8 Å². The maximum absolute atomic E-state index is 14.6. The average Bonchev–Trinajstić information content (AvgIpc) is 3.14. The van der Waals surface area contributed by atoms with Gasteiger partial charge in [0.1, 0.15) is 42.7 Å². The molecule has 9 N–H and O–H groups in total. The minimum absolute atomic E-state index is 0.155. The van der Waals surface area contributed by atoms with E-state index >= 15 is 0 Å². The summed E-state index contributed by atoms with van der Waals surface area (Å²) >= 11 is 0. The number of esters is 1. The van der Waals surface area contributed by atoms with Gasteiger partial charge in [-0.2, -0.15) is 0 Å². The van der Waals surface area contributed by atoms with Crippen LogP contribution in [-0.2, 0) is 28.5 Å². The number of aliphatic carboxylic acids is 1. The highest BCUT2D eigenvalue weighted by Crippen LogP contribution is 2.76. The second kappa shape index (κ2) is 14.4. The molecule has 15 nitrogen and oxygen atoms in total. The predicted molar refractivity (Wildman–Crippen MR) is 199 cm³/mol. The number of allylic oxidation sites excluding steroid dienone is 1. The zero-order chi connectivity index (χ0) is 42.0. The van der Waals surface area contributed by atoms with Crippen molar-refractivity contribution in [3.8, 4) is 0 Å². The third-order valence-electron chi connectivity index (χ3n) is 17.4. The lowest BCUT2D eigenvalue weighted by atomic mass is 9.33. The first-order valence-electron chi connectivity index (χ1n) is 20.9. The number of carbonyl (C=O) groups excluding carboxylic acids is 1. The first-order valence-corrected chi connectivity index (χ1v) is 20.9. The minimum atomic E-state index is -1.81. The van der Waals surface area contributed by atoms with Gasteiger partial charge in [-0.3, -0.25) is 4.79 Å². The van der Waals surface area contributed by atoms with Crippen molar-refractivity contribution in [1.82, 2.24) is 0 Å². The van der Waals surface area contributed by atoms with Crippen LogP contribution in [0.5, 0.6) is 0 Å². The summed E-state index contributed by atoms with van der Waals surface area (Å²) in [7, 11) is 0. The lowest BCUT2D eigenvalue weighted by Gasteiger charge is -2.71. The van der Waals surface area contributed by atoms with Crippen LogP contribution >= 0.6 is 0 Å². The van der Waals surface area contributed by atoms with Crippen molar-refractivity contribution < 1.29 is 74.5 Å². The number of hydrogen-bond acceptors (Lipinski definition) is 14. The molecular formula is C42H66O15. The number of rotatable bonds is 6. The van der Waals surface area contributed by atoms with Crippen LogP contribution in [-0.4, -0.2) is 138 Å². The molecule has 2 saturated heterocycles. The molecule has 0 spiro atoms. The number of carboxylic acid groups (broad SMARTS) is 1. The molecule has 4 saturated carbocycles. The van der Waals surface area contributed by atoms with Crippen molar-refractivity contribution in [1.29, 1.82) is 0 Å². The molecule has 6 fully saturated rings. The van der Waals surface area contributed by atoms with Crippen molar-refractivity contribution in [3.63, 3.8) is 0 Å². The van der Waals surface area contributed by atoms with Gasteiger partial charge in [-0.1, -0.05) is 60.1 Å². The SMILES string of the molecule is CC1(C)CCC2(C(=O)OC3OC(CO)C(O)C(O)C3O)CCC3(C)C(=CCC4C5(C)CCC(OC6OC(C(=O)O)C(O)C(O)C6O)C(C)(C)C5CCC43C)C2C1O. The molecule has 7 aliphatic rings. The van der Waals surface area contributed by atoms with E-state index in [-0.39, 0.29) is 22.7 Å². The summed E-state index contributed by atoms with van der Waals surface area (Å²) in [5.41, 5.74) is -1.89. The summed E-state index contributed by atoms with van der Waals surface area (Å²) in [5, 5.41) is 94.8. The maximum Gasteiger partial charge on any atom is 0.335 e. The molecule has 19 atom stereocenters. The fourth-order valence-electron chi connectivity index (χ4n) is 13.5. The third-order valence-corrected chi connectivity index (χ3v) is 17.4. The van der Waals surface area contributed by atoms with Crippen molar-refractivity contribution in [2.24, 2.45) is 50.2 Å². The summed E-state index contributed by atoms with van der Waals surface area (Å²) in [6, 6.07) is 0. The molecule has 0 amide bonds. The fourth-order valence-corrected chi connectivity index (χ4v) is 13.5. The largest absolute Gasteiger partial charge is 0.479 e. The monoisotopic (exact) mass is 810 g/mol. The molecule has 324 valence electrons. The molecule has 0 aromatic carbocycles. The molecule has 5 aliphatic carbocycles. The molecule has 0 bridgehead atoms. The Labute approximate surface area is 334 Å². The van der Waals surface area contributed by atoms with Gasteiger partial charge in [0.25, 0.3) is 0 Å². The summed E-state index contributed by atoms with van der Waals surface area (Å²) in [4.78, 5) is 26.4. The van der Waals surface area contributed by atoms with Crippen molar-refractivity contribution in [2.45, 2.75) is 180 Å². The quantitative estimate of drug-likeness (QED) is 0.104. The highest BCUT2D eigenvalue weighted by Gasteiger charge is 2.71. The Morgan fingerprint density at radius 2 is 1.37 bits per heavy atom. The van der Waals surface area contributed by atoms with Gasteiger partial charge in [0, 0.05) is 5.92 Å². The van der Waals surface area contributed by atoms with Gasteiger partial charge in [-0.25, -0.2) is 4.79 Å². The van der Waals surface area contributed by atoms with Crippen LogP contribution in [0, 0.1) is 50.2 Å². The van der Waals surface area contributed by atoms with Gasteiger partial charge in [-0.05, 0) is 96.7 Å². The molecule has 0 aromatic heterocycles. The van der Waals surface area contributed by atoms with E-state index in [9.17, 15) is 55.5 Å². The van der Waals surface area contributed by atoms with Crippen molar-refractivity contribution in [2.75, 3.05) is 6.61 Å². The van der Waals surface area contributed by atoms with Gasteiger partial charge < -0.3 is 64.9 Å². The van der Waals surface area contributed by atoms with E-state index in [1.54, 1.807) is 0 Å². The minimum Gasteiger partial charge on any atom is -0.479 e. The van der Waals surface area contributed by atoms with Crippen LogP contribution in [0.25, 0.3) is 0 Å². The number of aliphatic hydroxyl groups excluding tert-OH is 8. The molecule has 19 unspecified atom stereocenters. The van der Waals surface area contributed by atoms with E-state index in [4.69, 9.17) is 18.9 Å². The number of carboxylic acids is 1. The van der Waals surface area contributed by atoms with E-state index < -0.39 is 120 Å². The van der Waals surface area contributed by atoms with Gasteiger partial charge in [-0.15, -0.1) is 0 Å². The van der Waals surface area contributed by atoms with Gasteiger partial charge >= 0.3 is 11.9 Å². The maximum atomic E-state index is 14.6. The van der Waals surface area contributed by atoms with Crippen LogP contribution in [0.1, 0.15) is 106 Å². The molecule has 2 heterocycles. The smallest absolute Gasteiger partial charge is 0.335 e. The molecule has 0 aromatic rings. The van der Waals surface area contributed by atoms with Gasteiger partial charge in [0.2, 0.25) is 6.29 Å². The summed E-state index contributed by atoms with van der Waals surface area (Å²) in [6.45, 7) is 14.7. The van der Waals surface area contributed by atoms with Crippen LogP contribution < -0.4 is 0 Å². The van der Waals surface area contributed by atoms with Crippen LogP contribution in [0.2, 0.25) is 0 Å². The first-order chi connectivity index (χ1) is 26.4. The summed E-state index contributed by atoms with van der Waals surface area (Å²) < 4.78 is 23.4. The Hall–Kier alpha value is -1.76.